The lowest BCUT2D eigenvalue weighted by Crippen LogP contribution is -2.42. The molecule has 0 bridgehead atoms. The van der Waals surface area contributed by atoms with Gasteiger partial charge in [-0.3, -0.25) is 0 Å². The zero-order chi connectivity index (χ0) is 16.9. The van der Waals surface area contributed by atoms with Crippen molar-refractivity contribution in [3.63, 3.8) is 0 Å². The van der Waals surface area contributed by atoms with Gasteiger partial charge in [0.25, 0.3) is 0 Å². The average Bonchev–Trinajstić information content (AvgIpc) is 2.38. The summed E-state index contributed by atoms with van der Waals surface area (Å²) in [5.74, 6) is 0. The monoisotopic (exact) mass is 371 g/mol. The van der Waals surface area contributed by atoms with Crippen molar-refractivity contribution in [1.29, 1.82) is 0 Å². The van der Waals surface area contributed by atoms with E-state index in [1.165, 1.54) is 0 Å². The Labute approximate surface area is 141 Å². The average molecular weight is 372 g/mol. The van der Waals surface area contributed by atoms with E-state index in [4.69, 9.17) is 10.5 Å². The summed E-state index contributed by atoms with van der Waals surface area (Å²) >= 11 is 3.55. The van der Waals surface area contributed by atoms with Crippen molar-refractivity contribution in [3.05, 3.63) is 27.7 Å². The molecule has 0 fully saturated rings. The maximum absolute atomic E-state index is 11.7. The van der Waals surface area contributed by atoms with Crippen molar-refractivity contribution >= 4 is 27.7 Å². The summed E-state index contributed by atoms with van der Waals surface area (Å²) in [6.45, 7) is 10.4. The van der Waals surface area contributed by atoms with Gasteiger partial charge < -0.3 is 21.1 Å². The molecule has 6 heteroatoms. The molecule has 0 spiro atoms. The van der Waals surface area contributed by atoms with Crippen LogP contribution in [0.25, 0.3) is 0 Å². The van der Waals surface area contributed by atoms with E-state index in [0.29, 0.717) is 13.1 Å². The first-order chi connectivity index (χ1) is 10.1. The summed E-state index contributed by atoms with van der Waals surface area (Å²) in [4.78, 5) is 11.7. The molecule has 0 aromatic heterocycles. The number of carbonyl (C=O) groups excluding carboxylic acids is 1. The molecule has 1 aromatic rings. The van der Waals surface area contributed by atoms with Gasteiger partial charge >= 0.3 is 6.09 Å². The highest BCUT2D eigenvalue weighted by atomic mass is 79.9. The number of alkyl carbamates (subject to hydrolysis) is 1. The number of nitrogens with two attached hydrogens (primary N) is 1. The number of hydrogen-bond acceptors (Lipinski definition) is 4. The minimum Gasteiger partial charge on any atom is -0.444 e. The van der Waals surface area contributed by atoms with Crippen molar-refractivity contribution in [2.24, 2.45) is 5.73 Å². The first kappa shape index (κ1) is 18.8. The predicted molar refractivity (Wildman–Crippen MR) is 94.3 cm³/mol. The van der Waals surface area contributed by atoms with Crippen molar-refractivity contribution in [1.82, 2.24) is 5.32 Å². The number of rotatable bonds is 5. The van der Waals surface area contributed by atoms with E-state index in [-0.39, 0.29) is 6.04 Å². The van der Waals surface area contributed by atoms with Gasteiger partial charge in [-0.2, -0.15) is 0 Å². The molecule has 4 N–H and O–H groups in total. The molecule has 1 amide bonds. The molecular formula is C16H26BrN3O2. The van der Waals surface area contributed by atoms with Gasteiger partial charge in [0.05, 0.1) is 6.04 Å². The standard InChI is InChI=1S/C16H26BrN3O2/c1-10-6-12(7-11(2)14(10)17)20-13(8-18)9-19-15(21)22-16(3,4)5/h6-7,13,20H,8-9,18H2,1-5H3,(H,19,21). The summed E-state index contributed by atoms with van der Waals surface area (Å²) in [5.41, 5.74) is 8.56. The molecule has 124 valence electrons. The molecule has 0 aliphatic carbocycles. The van der Waals surface area contributed by atoms with Crippen LogP contribution in [0, 0.1) is 13.8 Å². The van der Waals surface area contributed by atoms with Gasteiger partial charge in [0, 0.05) is 23.2 Å². The summed E-state index contributed by atoms with van der Waals surface area (Å²) in [6.07, 6.45) is -0.434. The third-order valence-corrected chi connectivity index (χ3v) is 4.23. The second-order valence-electron chi connectivity index (χ2n) is 6.38. The molecule has 0 saturated carbocycles. The lowest BCUT2D eigenvalue weighted by atomic mass is 10.1. The Morgan fingerprint density at radius 2 is 1.86 bits per heavy atom. The number of carbonyl (C=O) groups is 1. The van der Waals surface area contributed by atoms with Gasteiger partial charge in [-0.15, -0.1) is 0 Å². The number of ether oxygens (including phenoxy) is 1. The van der Waals surface area contributed by atoms with Crippen LogP contribution in [0.1, 0.15) is 31.9 Å². The molecule has 1 rings (SSSR count). The molecule has 0 saturated heterocycles. The quantitative estimate of drug-likeness (QED) is 0.741. The van der Waals surface area contributed by atoms with Gasteiger partial charge in [-0.1, -0.05) is 15.9 Å². The second kappa shape index (κ2) is 7.83. The van der Waals surface area contributed by atoms with Crippen LogP contribution >= 0.6 is 15.9 Å². The van der Waals surface area contributed by atoms with Gasteiger partial charge in [0.2, 0.25) is 0 Å². The molecule has 5 nitrogen and oxygen atoms in total. The fraction of sp³-hybridized carbons (Fsp3) is 0.562. The van der Waals surface area contributed by atoms with Crippen LogP contribution in [0.15, 0.2) is 16.6 Å². The number of halogens is 1. The molecule has 1 unspecified atom stereocenters. The summed E-state index contributed by atoms with van der Waals surface area (Å²) in [5, 5.41) is 6.08. The number of benzene rings is 1. The Hall–Kier alpha value is -1.27. The van der Waals surface area contributed by atoms with Gasteiger partial charge in [0.15, 0.2) is 0 Å². The van der Waals surface area contributed by atoms with Crippen LogP contribution in [0.4, 0.5) is 10.5 Å². The zero-order valence-electron chi connectivity index (χ0n) is 13.9. The third-order valence-electron chi connectivity index (χ3n) is 2.98. The maximum atomic E-state index is 11.7. The number of nitrogens with one attached hydrogen (secondary N) is 2. The fourth-order valence-corrected chi connectivity index (χ4v) is 2.21. The summed E-state index contributed by atoms with van der Waals surface area (Å²) < 4.78 is 6.32. The number of aryl methyl sites for hydroxylation is 2. The smallest absolute Gasteiger partial charge is 0.407 e. The van der Waals surface area contributed by atoms with Gasteiger partial charge in [0.1, 0.15) is 5.60 Å². The van der Waals surface area contributed by atoms with E-state index in [1.807, 2.05) is 46.8 Å². The number of amides is 1. The Balaban J connectivity index is 2.61. The van der Waals surface area contributed by atoms with Crippen molar-refractivity contribution in [2.45, 2.75) is 46.3 Å². The molecule has 22 heavy (non-hydrogen) atoms. The van der Waals surface area contributed by atoms with E-state index in [1.54, 1.807) is 0 Å². The zero-order valence-corrected chi connectivity index (χ0v) is 15.5. The highest BCUT2D eigenvalue weighted by Crippen LogP contribution is 2.25. The number of anilines is 1. The second-order valence-corrected chi connectivity index (χ2v) is 7.18. The van der Waals surface area contributed by atoms with E-state index >= 15 is 0 Å². The topological polar surface area (TPSA) is 76.4 Å². The Kier molecular flexibility index (Phi) is 6.68. The minimum atomic E-state index is -0.504. The van der Waals surface area contributed by atoms with Crippen molar-refractivity contribution in [2.75, 3.05) is 18.4 Å². The Morgan fingerprint density at radius 3 is 2.32 bits per heavy atom. The van der Waals surface area contributed by atoms with Crippen molar-refractivity contribution < 1.29 is 9.53 Å². The normalized spacial score (nSPS) is 12.7. The van der Waals surface area contributed by atoms with Crippen molar-refractivity contribution in [3.8, 4) is 0 Å². The minimum absolute atomic E-state index is 0.0625. The highest BCUT2D eigenvalue weighted by molar-refractivity contribution is 9.10. The van der Waals surface area contributed by atoms with Crippen LogP contribution in [-0.2, 0) is 4.74 Å². The molecule has 0 aliphatic rings. The lowest BCUT2D eigenvalue weighted by Gasteiger charge is -2.23. The third kappa shape index (κ3) is 6.23. The van der Waals surface area contributed by atoms with Crippen LogP contribution in [0.3, 0.4) is 0 Å². The molecule has 0 aliphatic heterocycles. The largest absolute Gasteiger partial charge is 0.444 e. The van der Waals surface area contributed by atoms with E-state index < -0.39 is 11.7 Å². The molecule has 0 radical (unpaired) electrons. The molecule has 0 heterocycles. The van der Waals surface area contributed by atoms with Crippen LogP contribution in [-0.4, -0.2) is 30.8 Å². The predicted octanol–water partition coefficient (Wildman–Crippen LogP) is 3.33. The lowest BCUT2D eigenvalue weighted by molar-refractivity contribution is 0.0526. The maximum Gasteiger partial charge on any atom is 0.407 e. The molecule has 1 aromatic carbocycles. The van der Waals surface area contributed by atoms with E-state index in [0.717, 1.165) is 21.3 Å². The van der Waals surface area contributed by atoms with E-state index in [2.05, 4.69) is 26.6 Å². The molecule has 1 atom stereocenters. The van der Waals surface area contributed by atoms with Crippen LogP contribution in [0.5, 0.6) is 0 Å². The first-order valence-corrected chi connectivity index (χ1v) is 8.12. The highest BCUT2D eigenvalue weighted by Gasteiger charge is 2.17. The fourth-order valence-electron chi connectivity index (χ4n) is 1.98. The number of hydrogen-bond donors (Lipinski definition) is 3. The Bertz CT molecular complexity index is 504. The molecular weight excluding hydrogens is 346 g/mol. The van der Waals surface area contributed by atoms with Gasteiger partial charge in [-0.05, 0) is 57.9 Å². The van der Waals surface area contributed by atoms with Crippen LogP contribution in [0.2, 0.25) is 0 Å². The van der Waals surface area contributed by atoms with E-state index in [9.17, 15) is 4.79 Å². The first-order valence-electron chi connectivity index (χ1n) is 7.32. The summed E-state index contributed by atoms with van der Waals surface area (Å²) in [6, 6.07) is 4.04. The Morgan fingerprint density at radius 1 is 1.32 bits per heavy atom. The van der Waals surface area contributed by atoms with Crippen LogP contribution < -0.4 is 16.4 Å². The summed E-state index contributed by atoms with van der Waals surface area (Å²) in [7, 11) is 0. The SMILES string of the molecule is Cc1cc(NC(CN)CNC(=O)OC(C)(C)C)cc(C)c1Br. The van der Waals surface area contributed by atoms with Gasteiger partial charge in [-0.25, -0.2) is 4.79 Å².